The Kier molecular flexibility index (Phi) is 6.63. The van der Waals surface area contributed by atoms with Crippen molar-refractivity contribution in [1.29, 1.82) is 0 Å². The van der Waals surface area contributed by atoms with Crippen molar-refractivity contribution in [2.75, 3.05) is 40.5 Å². The molecular formula is C13H21ClN2O4S2. The molecule has 0 bridgehead atoms. The summed E-state index contributed by atoms with van der Waals surface area (Å²) >= 11 is 6.86. The van der Waals surface area contributed by atoms with Gasteiger partial charge in [-0.3, -0.25) is 0 Å². The summed E-state index contributed by atoms with van der Waals surface area (Å²) in [5, 5.41) is 0. The normalized spacial score (nSPS) is 23.1. The number of hydrogen-bond acceptors (Lipinski definition) is 6. The quantitative estimate of drug-likeness (QED) is 0.788. The van der Waals surface area contributed by atoms with Crippen molar-refractivity contribution in [3.63, 3.8) is 0 Å². The third-order valence-corrected chi connectivity index (χ3v) is 6.51. The molecule has 1 aromatic heterocycles. The summed E-state index contributed by atoms with van der Waals surface area (Å²) in [7, 11) is 0.344. The molecule has 0 radical (unpaired) electrons. The first-order valence-corrected chi connectivity index (χ1v) is 9.68. The lowest BCUT2D eigenvalue weighted by molar-refractivity contribution is -0.0665. The number of hydrogen-bond donors (Lipinski definition) is 1. The summed E-state index contributed by atoms with van der Waals surface area (Å²) in [6.45, 7) is 2.22. The lowest BCUT2D eigenvalue weighted by Gasteiger charge is -2.32. The molecule has 0 amide bonds. The van der Waals surface area contributed by atoms with Crippen LogP contribution in [0, 0.1) is 0 Å². The maximum atomic E-state index is 12.4. The third-order valence-electron chi connectivity index (χ3n) is 3.29. The van der Waals surface area contributed by atoms with Gasteiger partial charge in [-0.25, -0.2) is 13.1 Å². The summed E-state index contributed by atoms with van der Waals surface area (Å²) in [6, 6.07) is 2.80. The Morgan fingerprint density at radius 2 is 2.27 bits per heavy atom. The first-order valence-electron chi connectivity index (χ1n) is 7.00. The Morgan fingerprint density at radius 3 is 2.91 bits per heavy atom. The molecule has 2 atom stereocenters. The second-order valence-electron chi connectivity index (χ2n) is 5.36. The van der Waals surface area contributed by atoms with Gasteiger partial charge in [-0.05, 0) is 32.6 Å². The Hall–Kier alpha value is -0.220. The monoisotopic (exact) mass is 368 g/mol. The molecule has 22 heavy (non-hydrogen) atoms. The van der Waals surface area contributed by atoms with Crippen LogP contribution in [0.25, 0.3) is 0 Å². The number of ether oxygens (including phenoxy) is 2. The number of thiophene rings is 1. The van der Waals surface area contributed by atoms with E-state index in [4.69, 9.17) is 21.1 Å². The van der Waals surface area contributed by atoms with E-state index in [1.807, 2.05) is 19.0 Å². The molecule has 1 aliphatic rings. The van der Waals surface area contributed by atoms with Gasteiger partial charge in [0, 0.05) is 13.2 Å². The van der Waals surface area contributed by atoms with Crippen LogP contribution in [0.5, 0.6) is 0 Å². The molecule has 1 fully saturated rings. The lowest BCUT2D eigenvalue weighted by Crippen LogP contribution is -2.50. The number of rotatable bonds is 7. The van der Waals surface area contributed by atoms with Gasteiger partial charge in [0.2, 0.25) is 10.0 Å². The Bertz CT molecular complexity index is 576. The van der Waals surface area contributed by atoms with Crippen molar-refractivity contribution >= 4 is 33.0 Å². The van der Waals surface area contributed by atoms with Crippen LogP contribution in [0.2, 0.25) is 4.34 Å². The van der Waals surface area contributed by atoms with Crippen LogP contribution < -0.4 is 4.72 Å². The van der Waals surface area contributed by atoms with E-state index in [9.17, 15) is 8.42 Å². The maximum absolute atomic E-state index is 12.4. The van der Waals surface area contributed by atoms with Gasteiger partial charge in [0.1, 0.15) is 4.21 Å². The van der Waals surface area contributed by atoms with E-state index < -0.39 is 10.0 Å². The maximum Gasteiger partial charge on any atom is 0.250 e. The van der Waals surface area contributed by atoms with Crippen LogP contribution >= 0.6 is 22.9 Å². The van der Waals surface area contributed by atoms with Gasteiger partial charge in [-0.2, -0.15) is 0 Å². The smallest absolute Gasteiger partial charge is 0.250 e. The zero-order chi connectivity index (χ0) is 16.2. The first-order chi connectivity index (χ1) is 10.4. The second kappa shape index (κ2) is 8.05. The molecule has 1 saturated heterocycles. The summed E-state index contributed by atoms with van der Waals surface area (Å²) in [5.74, 6) is 0. The fourth-order valence-electron chi connectivity index (χ4n) is 2.10. The molecule has 1 N–H and O–H groups in total. The fourth-order valence-corrected chi connectivity index (χ4v) is 4.90. The van der Waals surface area contributed by atoms with Crippen molar-refractivity contribution in [2.24, 2.45) is 0 Å². The number of nitrogens with zero attached hydrogens (tertiary/aromatic N) is 1. The molecular weight excluding hydrogens is 348 g/mol. The van der Waals surface area contributed by atoms with Gasteiger partial charge < -0.3 is 14.4 Å². The minimum atomic E-state index is -3.58. The van der Waals surface area contributed by atoms with Crippen LogP contribution in [0.4, 0.5) is 0 Å². The first kappa shape index (κ1) is 18.1. The van der Waals surface area contributed by atoms with Crippen LogP contribution in [0.3, 0.4) is 0 Å². The average Bonchev–Trinajstić information content (AvgIpc) is 2.87. The fraction of sp³-hybridized carbons (Fsp3) is 0.692. The van der Waals surface area contributed by atoms with Crippen molar-refractivity contribution in [2.45, 2.75) is 22.8 Å². The third kappa shape index (κ3) is 5.16. The predicted octanol–water partition coefficient (Wildman–Crippen LogP) is 1.42. The molecule has 0 aliphatic carbocycles. The lowest BCUT2D eigenvalue weighted by atomic mass is 10.1. The molecule has 1 aromatic rings. The van der Waals surface area contributed by atoms with Crippen molar-refractivity contribution in [1.82, 2.24) is 9.62 Å². The van der Waals surface area contributed by atoms with Crippen molar-refractivity contribution < 1.29 is 17.9 Å². The molecule has 0 saturated carbocycles. The summed E-state index contributed by atoms with van der Waals surface area (Å²) in [6.07, 6.45) is 0.309. The molecule has 2 heterocycles. The summed E-state index contributed by atoms with van der Waals surface area (Å²) < 4.78 is 39.3. The molecule has 1 aliphatic heterocycles. The molecule has 0 aromatic carbocycles. The van der Waals surface area contributed by atoms with Crippen molar-refractivity contribution in [3.05, 3.63) is 16.5 Å². The molecule has 6 nitrogen and oxygen atoms in total. The molecule has 126 valence electrons. The highest BCUT2D eigenvalue weighted by Crippen LogP contribution is 2.26. The topological polar surface area (TPSA) is 67.9 Å². The Labute approximate surface area is 140 Å². The molecule has 2 rings (SSSR count). The molecule has 0 unspecified atom stereocenters. The Morgan fingerprint density at radius 1 is 1.50 bits per heavy atom. The van der Waals surface area contributed by atoms with Gasteiger partial charge in [0.25, 0.3) is 0 Å². The SMILES string of the molecule is CN(C)CCO[C@@H]1COCC[C@H]1NS(=O)(=O)c1ccc(Cl)s1. The summed E-state index contributed by atoms with van der Waals surface area (Å²) in [5.41, 5.74) is 0. The van der Waals surface area contributed by atoms with Crippen LogP contribution in [-0.2, 0) is 19.5 Å². The van der Waals surface area contributed by atoms with Crippen LogP contribution in [0.15, 0.2) is 16.3 Å². The van der Waals surface area contributed by atoms with E-state index in [1.165, 1.54) is 6.07 Å². The minimum Gasteiger partial charge on any atom is -0.379 e. The number of likely N-dealkylation sites (N-methyl/N-ethyl adjacent to an activating group) is 1. The number of nitrogens with one attached hydrogen (secondary N) is 1. The molecule has 0 spiro atoms. The van der Waals surface area contributed by atoms with Gasteiger partial charge in [-0.1, -0.05) is 11.6 Å². The molecule has 9 heteroatoms. The minimum absolute atomic E-state index is 0.219. The van der Waals surface area contributed by atoms with Gasteiger partial charge in [0.05, 0.1) is 29.7 Å². The van der Waals surface area contributed by atoms with E-state index >= 15 is 0 Å². The Balaban J connectivity index is 1.98. The number of sulfonamides is 1. The standard InChI is InChI=1S/C13H21ClN2O4S2/c1-16(2)6-8-20-11-9-19-7-5-10(11)15-22(17,18)13-4-3-12(14)21-13/h3-4,10-11,15H,5-9H2,1-2H3/t10-,11-/m1/s1. The highest BCUT2D eigenvalue weighted by molar-refractivity contribution is 7.91. The predicted molar refractivity (Wildman–Crippen MR) is 87.2 cm³/mol. The summed E-state index contributed by atoms with van der Waals surface area (Å²) in [4.78, 5) is 2.01. The average molecular weight is 369 g/mol. The van der Waals surface area contributed by atoms with Gasteiger partial charge in [0.15, 0.2) is 0 Å². The second-order valence-corrected chi connectivity index (χ2v) is 9.02. The van der Waals surface area contributed by atoms with Gasteiger partial charge in [-0.15, -0.1) is 11.3 Å². The largest absolute Gasteiger partial charge is 0.379 e. The highest BCUT2D eigenvalue weighted by Gasteiger charge is 2.31. The zero-order valence-electron chi connectivity index (χ0n) is 12.6. The van der Waals surface area contributed by atoms with Gasteiger partial charge >= 0.3 is 0 Å². The van der Waals surface area contributed by atoms with E-state index in [0.717, 1.165) is 17.9 Å². The number of halogens is 1. The van der Waals surface area contributed by atoms with Crippen LogP contribution in [-0.4, -0.2) is 65.9 Å². The van der Waals surface area contributed by atoms with E-state index in [1.54, 1.807) is 6.07 Å². The van der Waals surface area contributed by atoms with E-state index in [-0.39, 0.29) is 16.4 Å². The van der Waals surface area contributed by atoms with Crippen molar-refractivity contribution in [3.8, 4) is 0 Å². The van der Waals surface area contributed by atoms with E-state index in [0.29, 0.717) is 30.6 Å². The van der Waals surface area contributed by atoms with Crippen LogP contribution in [0.1, 0.15) is 6.42 Å². The zero-order valence-corrected chi connectivity index (χ0v) is 15.0. The highest BCUT2D eigenvalue weighted by atomic mass is 35.5. The van der Waals surface area contributed by atoms with E-state index in [2.05, 4.69) is 4.72 Å².